The van der Waals surface area contributed by atoms with E-state index in [-0.39, 0.29) is 18.0 Å². The third-order valence-electron chi connectivity index (χ3n) is 4.34. The maximum Gasteiger partial charge on any atom is 0.123 e. The molecule has 2 unspecified atom stereocenters. The zero-order valence-corrected chi connectivity index (χ0v) is 11.9. The maximum atomic E-state index is 13.4. The van der Waals surface area contributed by atoms with Crippen molar-refractivity contribution in [1.82, 2.24) is 0 Å². The highest BCUT2D eigenvalue weighted by Crippen LogP contribution is 2.34. The Morgan fingerprint density at radius 1 is 1.26 bits per heavy atom. The molecule has 1 saturated carbocycles. The van der Waals surface area contributed by atoms with Crippen LogP contribution in [0.1, 0.15) is 49.3 Å². The highest BCUT2D eigenvalue weighted by molar-refractivity contribution is 5.30. The molecule has 2 nitrogen and oxygen atoms in total. The van der Waals surface area contributed by atoms with Gasteiger partial charge < -0.3 is 10.5 Å². The molecule has 2 N–H and O–H groups in total. The molecule has 1 aromatic rings. The Labute approximate surface area is 115 Å². The van der Waals surface area contributed by atoms with Crippen LogP contribution in [0.2, 0.25) is 0 Å². The smallest absolute Gasteiger partial charge is 0.123 e. The first kappa shape index (κ1) is 14.5. The first-order chi connectivity index (χ1) is 9.13. The van der Waals surface area contributed by atoms with E-state index in [1.165, 1.54) is 38.2 Å². The van der Waals surface area contributed by atoms with Crippen LogP contribution in [0.3, 0.4) is 0 Å². The molecule has 2 atom stereocenters. The predicted octanol–water partition coefficient (Wildman–Crippen LogP) is 3.73. The number of hydrogen-bond acceptors (Lipinski definition) is 2. The van der Waals surface area contributed by atoms with Crippen LogP contribution < -0.4 is 5.73 Å². The molecule has 0 saturated heterocycles. The lowest BCUT2D eigenvalue weighted by Gasteiger charge is -2.33. The van der Waals surface area contributed by atoms with Crippen molar-refractivity contribution in [2.24, 2.45) is 11.7 Å². The van der Waals surface area contributed by atoms with Gasteiger partial charge in [0.15, 0.2) is 0 Å². The molecule has 0 heterocycles. The third-order valence-corrected chi connectivity index (χ3v) is 4.34. The fourth-order valence-corrected chi connectivity index (χ4v) is 3.24. The topological polar surface area (TPSA) is 35.2 Å². The Balaban J connectivity index is 2.19. The van der Waals surface area contributed by atoms with Crippen LogP contribution in [0.15, 0.2) is 18.2 Å². The number of ether oxygens (including phenoxy) is 1. The van der Waals surface area contributed by atoms with Crippen molar-refractivity contribution in [2.75, 3.05) is 7.11 Å². The molecule has 0 radical (unpaired) electrons. The summed E-state index contributed by atoms with van der Waals surface area (Å²) in [6.07, 6.45) is 6.13. The average molecular weight is 265 g/mol. The Bertz CT molecular complexity index is 415. The highest BCUT2D eigenvalue weighted by atomic mass is 19.1. The minimum absolute atomic E-state index is 0.0131. The minimum Gasteiger partial charge on any atom is -0.379 e. The van der Waals surface area contributed by atoms with E-state index in [1.54, 1.807) is 19.2 Å². The first-order valence-corrected chi connectivity index (χ1v) is 7.18. The number of hydrogen-bond donors (Lipinski definition) is 1. The molecule has 106 valence electrons. The van der Waals surface area contributed by atoms with Gasteiger partial charge in [-0.3, -0.25) is 0 Å². The molecular formula is C16H24FNO. The lowest BCUT2D eigenvalue weighted by atomic mass is 9.80. The fourth-order valence-electron chi connectivity index (χ4n) is 3.24. The molecular weight excluding hydrogens is 241 g/mol. The van der Waals surface area contributed by atoms with Gasteiger partial charge in [-0.2, -0.15) is 0 Å². The number of rotatable bonds is 4. The summed E-state index contributed by atoms with van der Waals surface area (Å²) in [7, 11) is 1.72. The van der Waals surface area contributed by atoms with Crippen molar-refractivity contribution in [3.8, 4) is 0 Å². The van der Waals surface area contributed by atoms with E-state index in [2.05, 4.69) is 0 Å². The van der Waals surface area contributed by atoms with Crippen LogP contribution in [-0.4, -0.2) is 13.2 Å². The number of aryl methyl sites for hydroxylation is 1. The van der Waals surface area contributed by atoms with Gasteiger partial charge in [0.2, 0.25) is 0 Å². The molecule has 0 aromatic heterocycles. The molecule has 19 heavy (non-hydrogen) atoms. The molecule has 0 bridgehead atoms. The van der Waals surface area contributed by atoms with Gasteiger partial charge >= 0.3 is 0 Å². The van der Waals surface area contributed by atoms with Gasteiger partial charge in [-0.1, -0.05) is 25.3 Å². The van der Waals surface area contributed by atoms with E-state index in [1.807, 2.05) is 6.92 Å². The van der Waals surface area contributed by atoms with E-state index in [9.17, 15) is 4.39 Å². The van der Waals surface area contributed by atoms with Crippen LogP contribution >= 0.6 is 0 Å². The van der Waals surface area contributed by atoms with Crippen LogP contribution in [0, 0.1) is 18.7 Å². The second-order valence-electron chi connectivity index (χ2n) is 5.63. The second-order valence-corrected chi connectivity index (χ2v) is 5.63. The van der Waals surface area contributed by atoms with Gasteiger partial charge in [0, 0.05) is 7.11 Å². The Hall–Kier alpha value is -0.930. The van der Waals surface area contributed by atoms with Crippen molar-refractivity contribution >= 4 is 0 Å². The van der Waals surface area contributed by atoms with Crippen LogP contribution in [0.25, 0.3) is 0 Å². The zero-order chi connectivity index (χ0) is 13.8. The van der Waals surface area contributed by atoms with Crippen LogP contribution in [0.4, 0.5) is 4.39 Å². The Morgan fingerprint density at radius 2 is 1.95 bits per heavy atom. The summed E-state index contributed by atoms with van der Waals surface area (Å²) >= 11 is 0. The van der Waals surface area contributed by atoms with Gasteiger partial charge in [0.05, 0.1) is 12.1 Å². The SMILES string of the molecule is COC(C1CCCCC1)C(N)c1cc(F)ccc1C. The van der Waals surface area contributed by atoms with Gasteiger partial charge in [0.25, 0.3) is 0 Å². The summed E-state index contributed by atoms with van der Waals surface area (Å²) < 4.78 is 19.1. The molecule has 1 aliphatic rings. The number of halogens is 1. The summed E-state index contributed by atoms with van der Waals surface area (Å²) in [6.45, 7) is 1.97. The maximum absolute atomic E-state index is 13.4. The summed E-state index contributed by atoms with van der Waals surface area (Å²) in [5.41, 5.74) is 8.27. The monoisotopic (exact) mass is 265 g/mol. The largest absolute Gasteiger partial charge is 0.379 e. The number of nitrogens with two attached hydrogens (primary N) is 1. The molecule has 1 aromatic carbocycles. The average Bonchev–Trinajstić information content (AvgIpc) is 2.43. The summed E-state index contributed by atoms with van der Waals surface area (Å²) in [5.74, 6) is 0.269. The van der Waals surface area contributed by atoms with Gasteiger partial charge in [-0.15, -0.1) is 0 Å². The molecule has 0 amide bonds. The van der Waals surface area contributed by atoms with E-state index < -0.39 is 0 Å². The van der Waals surface area contributed by atoms with Crippen molar-refractivity contribution in [3.63, 3.8) is 0 Å². The molecule has 1 aliphatic carbocycles. The first-order valence-electron chi connectivity index (χ1n) is 7.18. The quantitative estimate of drug-likeness (QED) is 0.900. The minimum atomic E-state index is -0.246. The van der Waals surface area contributed by atoms with E-state index >= 15 is 0 Å². The van der Waals surface area contributed by atoms with Gasteiger partial charge in [-0.05, 0) is 48.9 Å². The van der Waals surface area contributed by atoms with E-state index in [0.717, 1.165) is 11.1 Å². The van der Waals surface area contributed by atoms with Crippen molar-refractivity contribution in [2.45, 2.75) is 51.2 Å². The highest BCUT2D eigenvalue weighted by Gasteiger charge is 2.30. The Morgan fingerprint density at radius 3 is 2.58 bits per heavy atom. The van der Waals surface area contributed by atoms with Gasteiger partial charge in [0.1, 0.15) is 5.82 Å². The van der Waals surface area contributed by atoms with Crippen LogP contribution in [0.5, 0.6) is 0 Å². The molecule has 2 rings (SSSR count). The molecule has 0 aliphatic heterocycles. The van der Waals surface area contributed by atoms with Gasteiger partial charge in [-0.25, -0.2) is 4.39 Å². The summed E-state index contributed by atoms with van der Waals surface area (Å²) in [6, 6.07) is 4.57. The van der Waals surface area contributed by atoms with E-state index in [0.29, 0.717) is 5.92 Å². The van der Waals surface area contributed by atoms with Crippen molar-refractivity contribution in [1.29, 1.82) is 0 Å². The standard InChI is InChI=1S/C16H24FNO/c1-11-8-9-13(17)10-14(11)15(18)16(19-2)12-6-4-3-5-7-12/h8-10,12,15-16H,3-7,18H2,1-2H3. The second kappa shape index (κ2) is 6.49. The lowest BCUT2D eigenvalue weighted by molar-refractivity contribution is 0.0171. The molecule has 0 spiro atoms. The fraction of sp³-hybridized carbons (Fsp3) is 0.625. The zero-order valence-electron chi connectivity index (χ0n) is 11.9. The van der Waals surface area contributed by atoms with Crippen molar-refractivity contribution in [3.05, 3.63) is 35.1 Å². The van der Waals surface area contributed by atoms with Crippen molar-refractivity contribution < 1.29 is 9.13 Å². The third kappa shape index (κ3) is 3.34. The molecule has 3 heteroatoms. The normalized spacial score (nSPS) is 20.2. The lowest BCUT2D eigenvalue weighted by Crippen LogP contribution is -2.36. The predicted molar refractivity (Wildman–Crippen MR) is 75.4 cm³/mol. The number of methoxy groups -OCH3 is 1. The summed E-state index contributed by atoms with van der Waals surface area (Å²) in [5, 5.41) is 0. The molecule has 1 fully saturated rings. The number of benzene rings is 1. The van der Waals surface area contributed by atoms with Crippen LogP contribution in [-0.2, 0) is 4.74 Å². The van der Waals surface area contributed by atoms with E-state index in [4.69, 9.17) is 10.5 Å². The summed E-state index contributed by atoms with van der Waals surface area (Å²) in [4.78, 5) is 0. The Kier molecular flexibility index (Phi) is 4.94.